The van der Waals surface area contributed by atoms with Gasteiger partial charge in [0.25, 0.3) is 5.69 Å². The Bertz CT molecular complexity index is 748. The number of nitriles is 1. The molecule has 0 radical (unpaired) electrons. The molecule has 21 heavy (non-hydrogen) atoms. The van der Waals surface area contributed by atoms with Gasteiger partial charge in [-0.3, -0.25) is 10.1 Å². The monoisotopic (exact) mass is 299 g/mol. The molecule has 1 atom stereocenters. The second-order valence-electron chi connectivity index (χ2n) is 4.99. The Labute approximate surface area is 126 Å². The molecule has 1 aromatic carbocycles. The van der Waals surface area contributed by atoms with Gasteiger partial charge >= 0.3 is 0 Å². The summed E-state index contributed by atoms with van der Waals surface area (Å²) in [6.45, 7) is 2.98. The van der Waals surface area contributed by atoms with E-state index >= 15 is 0 Å². The average Bonchev–Trinajstić information content (AvgIpc) is 2.96. The molecule has 3 rings (SSSR count). The van der Waals surface area contributed by atoms with Crippen LogP contribution in [0.3, 0.4) is 0 Å². The van der Waals surface area contributed by atoms with Crippen LogP contribution in [0.2, 0.25) is 0 Å². The van der Waals surface area contributed by atoms with Crippen molar-refractivity contribution in [1.82, 2.24) is 0 Å². The molecule has 5 nitrogen and oxygen atoms in total. The maximum absolute atomic E-state index is 10.9. The van der Waals surface area contributed by atoms with Crippen molar-refractivity contribution in [2.24, 2.45) is 0 Å². The Hall–Kier alpha value is -2.39. The van der Waals surface area contributed by atoms with Gasteiger partial charge in [-0.25, -0.2) is 0 Å². The minimum atomic E-state index is -0.515. The summed E-state index contributed by atoms with van der Waals surface area (Å²) >= 11 is 1.77. The van der Waals surface area contributed by atoms with Crippen LogP contribution in [0.25, 0.3) is 0 Å². The predicted molar refractivity (Wildman–Crippen MR) is 81.6 cm³/mol. The van der Waals surface area contributed by atoms with Gasteiger partial charge in [-0.1, -0.05) is 0 Å². The van der Waals surface area contributed by atoms with Crippen LogP contribution in [0.15, 0.2) is 29.6 Å². The molecule has 0 saturated carbocycles. The van der Waals surface area contributed by atoms with Crippen molar-refractivity contribution in [1.29, 1.82) is 5.26 Å². The molecule has 0 fully saturated rings. The molecule has 1 aromatic heterocycles. The van der Waals surface area contributed by atoms with E-state index in [1.807, 2.05) is 6.07 Å². The van der Waals surface area contributed by atoms with Crippen LogP contribution in [0.5, 0.6) is 0 Å². The average molecular weight is 299 g/mol. The number of anilines is 1. The van der Waals surface area contributed by atoms with Crippen molar-refractivity contribution in [3.05, 3.63) is 55.8 Å². The van der Waals surface area contributed by atoms with E-state index in [9.17, 15) is 10.1 Å². The van der Waals surface area contributed by atoms with Gasteiger partial charge in [-0.15, -0.1) is 11.3 Å². The summed E-state index contributed by atoms with van der Waals surface area (Å²) in [6.07, 6.45) is 0.968. The molecular formula is C15H13N3O2S. The number of rotatable bonds is 2. The number of nitro benzene ring substituents is 1. The first-order valence-corrected chi connectivity index (χ1v) is 7.51. The zero-order chi connectivity index (χ0) is 15.0. The van der Waals surface area contributed by atoms with Gasteiger partial charge in [0.05, 0.1) is 11.0 Å². The number of nitro groups is 1. The van der Waals surface area contributed by atoms with E-state index in [0.29, 0.717) is 0 Å². The summed E-state index contributed by atoms with van der Waals surface area (Å²) in [5.74, 6) is 0. The van der Waals surface area contributed by atoms with Gasteiger partial charge in [0.15, 0.2) is 0 Å². The lowest BCUT2D eigenvalue weighted by Gasteiger charge is -2.35. The van der Waals surface area contributed by atoms with Gasteiger partial charge in [0.1, 0.15) is 11.6 Å². The number of benzene rings is 1. The Morgan fingerprint density at radius 1 is 1.48 bits per heavy atom. The van der Waals surface area contributed by atoms with Crippen LogP contribution in [-0.4, -0.2) is 11.5 Å². The number of hydrogen-bond donors (Lipinski definition) is 0. The Morgan fingerprint density at radius 3 is 3.00 bits per heavy atom. The van der Waals surface area contributed by atoms with Crippen molar-refractivity contribution in [2.45, 2.75) is 19.4 Å². The molecule has 6 heteroatoms. The smallest absolute Gasteiger partial charge is 0.287 e. The van der Waals surface area contributed by atoms with Crippen LogP contribution in [0, 0.1) is 21.4 Å². The van der Waals surface area contributed by atoms with E-state index in [1.54, 1.807) is 23.5 Å². The summed E-state index contributed by atoms with van der Waals surface area (Å²) in [4.78, 5) is 14.0. The minimum absolute atomic E-state index is 0.112. The molecule has 2 aromatic rings. The molecule has 0 N–H and O–H groups in total. The first kappa shape index (κ1) is 13.6. The van der Waals surface area contributed by atoms with Crippen LogP contribution in [0.1, 0.15) is 29.0 Å². The highest BCUT2D eigenvalue weighted by molar-refractivity contribution is 7.10. The van der Waals surface area contributed by atoms with Crippen molar-refractivity contribution >= 4 is 22.7 Å². The van der Waals surface area contributed by atoms with Crippen molar-refractivity contribution in [3.8, 4) is 6.07 Å². The number of fused-ring (bicyclic) bond motifs is 1. The molecule has 0 aliphatic carbocycles. The van der Waals surface area contributed by atoms with Crippen LogP contribution < -0.4 is 4.90 Å². The van der Waals surface area contributed by atoms with E-state index in [-0.39, 0.29) is 17.3 Å². The molecule has 0 bridgehead atoms. The SMILES string of the molecule is CC1c2ccsc2CCN1c1ccc([N+](=O)[O-])c(C#N)c1. The zero-order valence-electron chi connectivity index (χ0n) is 11.4. The first-order valence-electron chi connectivity index (χ1n) is 6.63. The van der Waals surface area contributed by atoms with Gasteiger partial charge in [-0.05, 0) is 42.5 Å². The Balaban J connectivity index is 1.99. The molecule has 0 saturated heterocycles. The lowest BCUT2D eigenvalue weighted by Crippen LogP contribution is -2.33. The second-order valence-corrected chi connectivity index (χ2v) is 5.99. The third-order valence-corrected chi connectivity index (χ3v) is 4.90. The van der Waals surface area contributed by atoms with E-state index in [1.165, 1.54) is 16.5 Å². The molecular weight excluding hydrogens is 286 g/mol. The van der Waals surface area contributed by atoms with Gasteiger partial charge in [-0.2, -0.15) is 5.26 Å². The van der Waals surface area contributed by atoms with E-state index in [0.717, 1.165) is 18.7 Å². The molecule has 0 amide bonds. The second kappa shape index (κ2) is 5.19. The fourth-order valence-corrected chi connectivity index (χ4v) is 3.78. The zero-order valence-corrected chi connectivity index (χ0v) is 12.3. The highest BCUT2D eigenvalue weighted by Gasteiger charge is 2.26. The number of nitrogens with zero attached hydrogens (tertiary/aromatic N) is 3. The quantitative estimate of drug-likeness (QED) is 0.627. The summed E-state index contributed by atoms with van der Waals surface area (Å²) in [7, 11) is 0. The molecule has 1 aliphatic heterocycles. The largest absolute Gasteiger partial charge is 0.364 e. The fraction of sp³-hybridized carbons (Fsp3) is 0.267. The summed E-state index contributed by atoms with van der Waals surface area (Å²) < 4.78 is 0. The molecule has 1 aliphatic rings. The Kier molecular flexibility index (Phi) is 3.35. The lowest BCUT2D eigenvalue weighted by molar-refractivity contribution is -0.385. The van der Waals surface area contributed by atoms with Crippen LogP contribution in [-0.2, 0) is 6.42 Å². The van der Waals surface area contributed by atoms with E-state index in [4.69, 9.17) is 5.26 Å². The summed E-state index contributed by atoms with van der Waals surface area (Å²) in [5, 5.41) is 22.1. The number of thiophene rings is 1. The maximum Gasteiger partial charge on any atom is 0.287 e. The van der Waals surface area contributed by atoms with Crippen LogP contribution in [0.4, 0.5) is 11.4 Å². The highest BCUT2D eigenvalue weighted by atomic mass is 32.1. The summed E-state index contributed by atoms with van der Waals surface area (Å²) in [6, 6.07) is 9.03. The molecule has 1 unspecified atom stereocenters. The third-order valence-electron chi connectivity index (χ3n) is 3.91. The van der Waals surface area contributed by atoms with Crippen molar-refractivity contribution in [2.75, 3.05) is 11.4 Å². The Morgan fingerprint density at radius 2 is 2.29 bits per heavy atom. The van der Waals surface area contributed by atoms with Crippen molar-refractivity contribution < 1.29 is 4.92 Å². The molecule has 106 valence electrons. The van der Waals surface area contributed by atoms with E-state index in [2.05, 4.69) is 23.3 Å². The lowest BCUT2D eigenvalue weighted by atomic mass is 10.00. The molecule has 2 heterocycles. The first-order chi connectivity index (χ1) is 10.1. The normalized spacial score (nSPS) is 17.1. The van der Waals surface area contributed by atoms with Gasteiger partial charge < -0.3 is 4.90 Å². The topological polar surface area (TPSA) is 70.2 Å². The maximum atomic E-state index is 10.9. The predicted octanol–water partition coefficient (Wildman–Crippen LogP) is 3.65. The fourth-order valence-electron chi connectivity index (χ4n) is 2.81. The van der Waals surface area contributed by atoms with Crippen molar-refractivity contribution in [3.63, 3.8) is 0 Å². The van der Waals surface area contributed by atoms with Crippen LogP contribution >= 0.6 is 11.3 Å². The standard InChI is InChI=1S/C15H13N3O2S/c1-10-13-5-7-21-15(13)4-6-17(10)12-2-3-14(18(19)20)11(8-12)9-16/h2-3,5,7-8,10H,4,6H2,1H3. The van der Waals surface area contributed by atoms with Gasteiger partial charge in [0.2, 0.25) is 0 Å². The van der Waals surface area contributed by atoms with E-state index < -0.39 is 4.92 Å². The summed E-state index contributed by atoms with van der Waals surface area (Å²) in [5.41, 5.74) is 2.15. The highest BCUT2D eigenvalue weighted by Crippen LogP contribution is 2.37. The molecule has 0 spiro atoms. The minimum Gasteiger partial charge on any atom is -0.364 e. The third kappa shape index (κ3) is 2.26. The number of hydrogen-bond acceptors (Lipinski definition) is 5. The van der Waals surface area contributed by atoms with Gasteiger partial charge in [0, 0.05) is 23.2 Å².